The van der Waals surface area contributed by atoms with E-state index in [2.05, 4.69) is 29.9 Å². The summed E-state index contributed by atoms with van der Waals surface area (Å²) in [6, 6.07) is 8.08. The van der Waals surface area contributed by atoms with E-state index in [0.717, 1.165) is 40.6 Å². The van der Waals surface area contributed by atoms with Crippen LogP contribution in [0.3, 0.4) is 0 Å². The van der Waals surface area contributed by atoms with E-state index in [4.69, 9.17) is 9.84 Å². The summed E-state index contributed by atoms with van der Waals surface area (Å²) >= 11 is 1.61. The van der Waals surface area contributed by atoms with Crippen molar-refractivity contribution in [2.75, 3.05) is 13.7 Å². The van der Waals surface area contributed by atoms with Crippen LogP contribution in [0.15, 0.2) is 52.4 Å². The molecule has 0 radical (unpaired) electrons. The van der Waals surface area contributed by atoms with Crippen molar-refractivity contribution in [1.29, 1.82) is 0 Å². The van der Waals surface area contributed by atoms with Gasteiger partial charge < -0.3 is 4.74 Å². The predicted octanol–water partition coefficient (Wildman–Crippen LogP) is 5.51. The van der Waals surface area contributed by atoms with Gasteiger partial charge in [0.1, 0.15) is 5.75 Å². The number of thiazole rings is 1. The summed E-state index contributed by atoms with van der Waals surface area (Å²) in [6.45, 7) is 6.65. The number of para-hydroxylation sites is 1. The smallest absolute Gasteiger partial charge is 0.206 e. The van der Waals surface area contributed by atoms with Crippen molar-refractivity contribution < 1.29 is 4.74 Å². The van der Waals surface area contributed by atoms with Gasteiger partial charge in [-0.1, -0.05) is 38.0 Å². The highest BCUT2D eigenvalue weighted by molar-refractivity contribution is 7.07. The Morgan fingerprint density at radius 2 is 2.07 bits per heavy atom. The first-order chi connectivity index (χ1) is 13.3. The van der Waals surface area contributed by atoms with Gasteiger partial charge in [0, 0.05) is 16.7 Å². The van der Waals surface area contributed by atoms with Crippen LogP contribution in [0.5, 0.6) is 5.75 Å². The molecule has 1 fully saturated rings. The highest BCUT2D eigenvalue weighted by atomic mass is 32.1. The lowest BCUT2D eigenvalue weighted by Gasteiger charge is -2.22. The van der Waals surface area contributed by atoms with E-state index in [0.29, 0.717) is 6.54 Å². The van der Waals surface area contributed by atoms with E-state index in [1.165, 1.54) is 31.4 Å². The molecular formula is C22H29N3OS. The van der Waals surface area contributed by atoms with Crippen LogP contribution in [-0.2, 0) is 0 Å². The molecule has 1 aromatic carbocycles. The number of benzene rings is 1. The van der Waals surface area contributed by atoms with Gasteiger partial charge in [0.2, 0.25) is 4.80 Å². The Hall–Kier alpha value is -2.14. The molecule has 0 aliphatic heterocycles. The van der Waals surface area contributed by atoms with E-state index in [1.807, 2.05) is 29.0 Å². The first kappa shape index (κ1) is 19.6. The number of rotatable bonds is 7. The van der Waals surface area contributed by atoms with Gasteiger partial charge in [-0.3, -0.25) is 4.99 Å². The summed E-state index contributed by atoms with van der Waals surface area (Å²) in [6.07, 6.45) is 9.10. The summed E-state index contributed by atoms with van der Waals surface area (Å²) in [7, 11) is 1.71. The fourth-order valence-corrected chi connectivity index (χ4v) is 4.47. The Kier molecular flexibility index (Phi) is 7.04. The number of aromatic nitrogens is 1. The number of hydrogen-bond acceptors (Lipinski definition) is 4. The topological polar surface area (TPSA) is 38.9 Å². The molecule has 1 saturated carbocycles. The van der Waals surface area contributed by atoms with Gasteiger partial charge in [-0.2, -0.15) is 5.10 Å². The third-order valence-electron chi connectivity index (χ3n) is 5.04. The normalized spacial score (nSPS) is 17.8. The molecule has 1 heterocycles. The molecule has 1 aromatic heterocycles. The number of methoxy groups -OCH3 is 1. The zero-order chi connectivity index (χ0) is 19.1. The van der Waals surface area contributed by atoms with E-state index in [9.17, 15) is 0 Å². The number of nitrogens with zero attached hydrogens (tertiary/aromatic N) is 3. The minimum atomic E-state index is 0.593. The van der Waals surface area contributed by atoms with Gasteiger partial charge in [-0.25, -0.2) is 4.68 Å². The van der Waals surface area contributed by atoms with E-state index in [-0.39, 0.29) is 0 Å². The van der Waals surface area contributed by atoms with Gasteiger partial charge >= 0.3 is 0 Å². The second-order valence-corrected chi connectivity index (χ2v) is 7.78. The maximum atomic E-state index is 5.57. The lowest BCUT2D eigenvalue weighted by molar-refractivity contribution is 0.407. The van der Waals surface area contributed by atoms with Crippen LogP contribution in [0.4, 0.5) is 0 Å². The summed E-state index contributed by atoms with van der Waals surface area (Å²) in [4.78, 5) is 5.55. The van der Waals surface area contributed by atoms with Crippen molar-refractivity contribution in [3.63, 3.8) is 0 Å². The first-order valence-corrected chi connectivity index (χ1v) is 10.7. The second kappa shape index (κ2) is 9.70. The molecule has 1 aliphatic carbocycles. The molecule has 4 nitrogen and oxygen atoms in total. The largest absolute Gasteiger partial charge is 0.496 e. The van der Waals surface area contributed by atoms with E-state index in [1.54, 1.807) is 18.4 Å². The molecule has 0 unspecified atom stereocenters. The third-order valence-corrected chi connectivity index (χ3v) is 5.90. The quantitative estimate of drug-likeness (QED) is 0.581. The highest BCUT2D eigenvalue weighted by Crippen LogP contribution is 2.31. The Balaban J connectivity index is 1.99. The summed E-state index contributed by atoms with van der Waals surface area (Å²) in [5, 5.41) is 7.15. The molecule has 1 aliphatic rings. The standard InChI is InChI=1S/C22H29N3OS/c1-4-8-17-11-13-18(14-12-17)24-25-20(16-27-22(25)23-15-5-2)19-9-6-7-10-21(19)26-3/h5-7,9-10,16-17H,2,4,8,11-15H2,1,3H3. The SMILES string of the molecule is C=CCN=c1scc(-c2ccccc2OC)n1N=C1CCC(CCC)CC1. The molecule has 0 amide bonds. The lowest BCUT2D eigenvalue weighted by atomic mass is 9.85. The average molecular weight is 384 g/mol. The summed E-state index contributed by atoms with van der Waals surface area (Å²) in [5.41, 5.74) is 3.35. The van der Waals surface area contributed by atoms with Crippen molar-refractivity contribution in [2.45, 2.75) is 45.4 Å². The molecule has 0 saturated heterocycles. The first-order valence-electron chi connectivity index (χ1n) is 9.78. The fraction of sp³-hybridized carbons (Fsp3) is 0.455. The maximum Gasteiger partial charge on any atom is 0.206 e. The Morgan fingerprint density at radius 1 is 1.30 bits per heavy atom. The minimum absolute atomic E-state index is 0.593. The maximum absolute atomic E-state index is 5.57. The minimum Gasteiger partial charge on any atom is -0.496 e. The number of hydrogen-bond donors (Lipinski definition) is 0. The van der Waals surface area contributed by atoms with Gasteiger partial charge in [0.15, 0.2) is 0 Å². The van der Waals surface area contributed by atoms with Crippen molar-refractivity contribution in [1.82, 2.24) is 4.68 Å². The molecule has 2 aromatic rings. The third kappa shape index (κ3) is 4.78. The van der Waals surface area contributed by atoms with Crippen LogP contribution in [0.25, 0.3) is 11.3 Å². The zero-order valence-corrected chi connectivity index (χ0v) is 17.2. The fourth-order valence-electron chi connectivity index (χ4n) is 3.64. The van der Waals surface area contributed by atoms with Crippen LogP contribution >= 0.6 is 11.3 Å². The monoisotopic (exact) mass is 383 g/mol. The van der Waals surface area contributed by atoms with E-state index >= 15 is 0 Å². The van der Waals surface area contributed by atoms with Crippen LogP contribution in [-0.4, -0.2) is 24.0 Å². The highest BCUT2D eigenvalue weighted by Gasteiger charge is 2.18. The summed E-state index contributed by atoms with van der Waals surface area (Å²) < 4.78 is 7.57. The van der Waals surface area contributed by atoms with Gasteiger partial charge in [-0.05, 0) is 43.7 Å². The van der Waals surface area contributed by atoms with Crippen LogP contribution < -0.4 is 9.54 Å². The zero-order valence-electron chi connectivity index (χ0n) is 16.4. The van der Waals surface area contributed by atoms with Crippen molar-refractivity contribution in [3.8, 4) is 17.0 Å². The molecular weight excluding hydrogens is 354 g/mol. The molecule has 27 heavy (non-hydrogen) atoms. The van der Waals surface area contributed by atoms with Crippen LogP contribution in [0.1, 0.15) is 45.4 Å². The number of ether oxygens (including phenoxy) is 1. The van der Waals surface area contributed by atoms with E-state index < -0.39 is 0 Å². The summed E-state index contributed by atoms with van der Waals surface area (Å²) in [5.74, 6) is 1.71. The Morgan fingerprint density at radius 3 is 2.78 bits per heavy atom. The molecule has 144 valence electrons. The van der Waals surface area contributed by atoms with Crippen molar-refractivity contribution in [2.24, 2.45) is 16.0 Å². The van der Waals surface area contributed by atoms with Gasteiger partial charge in [0.05, 0.1) is 19.3 Å². The van der Waals surface area contributed by atoms with Crippen LogP contribution in [0, 0.1) is 5.92 Å². The molecule has 0 atom stereocenters. The van der Waals surface area contributed by atoms with Gasteiger partial charge in [0.25, 0.3) is 0 Å². The lowest BCUT2D eigenvalue weighted by Crippen LogP contribution is -2.19. The molecule has 0 N–H and O–H groups in total. The second-order valence-electron chi connectivity index (χ2n) is 6.94. The molecule has 5 heteroatoms. The van der Waals surface area contributed by atoms with Gasteiger partial charge in [-0.15, -0.1) is 17.9 Å². The van der Waals surface area contributed by atoms with Crippen molar-refractivity contribution >= 4 is 17.0 Å². The molecule has 0 bridgehead atoms. The molecule has 3 rings (SSSR count). The van der Waals surface area contributed by atoms with Crippen LogP contribution in [0.2, 0.25) is 0 Å². The van der Waals surface area contributed by atoms with Crippen molar-refractivity contribution in [3.05, 3.63) is 47.1 Å². The molecule has 0 spiro atoms. The Bertz CT molecular complexity index is 852. The Labute approximate surface area is 165 Å². The predicted molar refractivity (Wildman–Crippen MR) is 115 cm³/mol. The average Bonchev–Trinajstić information content (AvgIpc) is 3.10.